The zero-order valence-corrected chi connectivity index (χ0v) is 57.7. The van der Waals surface area contributed by atoms with Gasteiger partial charge in [-0.05, 0) is 125 Å². The van der Waals surface area contributed by atoms with Crippen molar-refractivity contribution in [1.82, 2.24) is 56.8 Å². The lowest BCUT2D eigenvalue weighted by atomic mass is 10.0. The number of benzene rings is 2. The minimum absolute atomic E-state index is 0.0384. The second-order valence-corrected chi connectivity index (χ2v) is 25.1. The Labute approximate surface area is 591 Å². The molecule has 6 amide bonds. The first-order valence-corrected chi connectivity index (χ1v) is 34.2. The zero-order chi connectivity index (χ0) is 74.7. The van der Waals surface area contributed by atoms with Crippen molar-refractivity contribution in [3.05, 3.63) is 71.8 Å². The van der Waals surface area contributed by atoms with Crippen molar-refractivity contribution >= 4 is 107 Å². The van der Waals surface area contributed by atoms with Gasteiger partial charge in [-0.25, -0.2) is 19.2 Å². The van der Waals surface area contributed by atoms with E-state index >= 15 is 0 Å². The molecule has 1 fully saturated rings. The predicted molar refractivity (Wildman–Crippen MR) is 373 cm³/mol. The average molecular weight is 1440 g/mol. The fourth-order valence-corrected chi connectivity index (χ4v) is 11.2. The minimum Gasteiger partial charge on any atom is -0.481 e. The van der Waals surface area contributed by atoms with Crippen LogP contribution >= 0.6 is 12.2 Å². The molecule has 0 saturated carbocycles. The van der Waals surface area contributed by atoms with Gasteiger partial charge in [0.25, 0.3) is 0 Å². The van der Waals surface area contributed by atoms with Gasteiger partial charge in [0.05, 0.1) is 26.2 Å². The molecule has 1 aliphatic rings. The molecule has 34 heteroatoms. The average Bonchev–Trinajstić information content (AvgIpc) is 0.859. The van der Waals surface area contributed by atoms with E-state index in [9.17, 15) is 98.1 Å². The fourth-order valence-electron chi connectivity index (χ4n) is 11.0. The van der Waals surface area contributed by atoms with Crippen molar-refractivity contribution in [3.63, 3.8) is 0 Å². The fraction of sp³-hybridized carbons (Fsp3) is 0.582. The summed E-state index contributed by atoms with van der Waals surface area (Å²) >= 11 is 5.58. The number of rotatable bonds is 48. The highest BCUT2D eigenvalue weighted by molar-refractivity contribution is 7.80. The molecule has 560 valence electrons. The number of anilines is 1. The standard InChI is InChI=1S/C67H100N12O21S/c1-2-45-18-20-46(21-19-45)13-12-17-54(80)68-31-10-8-15-51(63(94)95)73-62(93)50(72-56(82)16-6-4-3-5-9-30-69-55(81)28-26-52(64(96)97)74-66(100)75-53(65(98)99)27-29-57(83)84)14-7-11-32-70-67(101)71-48-24-22-47(23-25-48)39-49-40-78(43-60(89)90)36-35-76(41-58(85)86)33-34-77(42-59(87)88)37-38-79(49)44-61(91)92/h2,18-25,49-53H,1,3-17,26-44H2,(H,68,80)(H,69,81)(H,72,82)(H,73,93)(H,83,84)(H,85,86)(H,87,88)(H,89,90)(H,91,92)(H,94,95)(H,96,97)(H,98,99)(H2,70,71,101)(H2,74,75,100)/t49?,50-,51-,52-,53-/m0/s1. The Bertz CT molecular complexity index is 3050. The summed E-state index contributed by atoms with van der Waals surface area (Å²) in [4.78, 5) is 165. The van der Waals surface area contributed by atoms with Gasteiger partial charge in [0.2, 0.25) is 23.6 Å². The molecule has 0 bridgehead atoms. The molecule has 0 spiro atoms. The Morgan fingerprint density at radius 3 is 1.45 bits per heavy atom. The summed E-state index contributed by atoms with van der Waals surface area (Å²) in [6.45, 7) is 4.03. The van der Waals surface area contributed by atoms with Gasteiger partial charge < -0.3 is 83.4 Å². The second kappa shape index (κ2) is 48.4. The van der Waals surface area contributed by atoms with Crippen LogP contribution in [0.3, 0.4) is 0 Å². The molecule has 0 aliphatic carbocycles. The van der Waals surface area contributed by atoms with E-state index in [2.05, 4.69) is 43.8 Å². The van der Waals surface area contributed by atoms with Gasteiger partial charge in [0.1, 0.15) is 24.2 Å². The van der Waals surface area contributed by atoms with Crippen LogP contribution in [0.5, 0.6) is 0 Å². The third kappa shape index (κ3) is 39.3. The molecule has 0 radical (unpaired) electrons. The maximum absolute atomic E-state index is 13.9. The molecule has 33 nitrogen and oxygen atoms in total. The van der Waals surface area contributed by atoms with E-state index in [1.54, 1.807) is 49.9 Å². The number of nitrogens with one attached hydrogen (secondary N) is 8. The molecule has 0 aromatic heterocycles. The normalized spacial score (nSPS) is 15.2. The maximum Gasteiger partial charge on any atom is 0.326 e. The van der Waals surface area contributed by atoms with Crippen LogP contribution in [0.2, 0.25) is 0 Å². The van der Waals surface area contributed by atoms with Crippen molar-refractivity contribution in [2.75, 3.05) is 96.9 Å². The Hall–Kier alpha value is -9.38. The molecular formula is C67H100N12O21S. The summed E-state index contributed by atoms with van der Waals surface area (Å²) in [5.74, 6) is -11.8. The first kappa shape index (κ1) is 85.8. The van der Waals surface area contributed by atoms with Crippen LogP contribution in [0.4, 0.5) is 10.5 Å². The number of urea groups is 1. The Balaban J connectivity index is 1.59. The lowest BCUT2D eigenvalue weighted by Gasteiger charge is -2.37. The van der Waals surface area contributed by atoms with Crippen LogP contribution in [0.15, 0.2) is 55.1 Å². The van der Waals surface area contributed by atoms with E-state index in [1.807, 2.05) is 29.6 Å². The van der Waals surface area contributed by atoms with Crippen molar-refractivity contribution < 1.29 is 103 Å². The second-order valence-electron chi connectivity index (χ2n) is 24.7. The van der Waals surface area contributed by atoms with E-state index in [0.717, 1.165) is 23.1 Å². The van der Waals surface area contributed by atoms with E-state index in [0.29, 0.717) is 89.4 Å². The smallest absolute Gasteiger partial charge is 0.326 e. The molecule has 1 aliphatic heterocycles. The quantitative estimate of drug-likeness (QED) is 0.0332. The van der Waals surface area contributed by atoms with Gasteiger partial charge in [-0.1, -0.05) is 68.3 Å². The third-order valence-corrected chi connectivity index (χ3v) is 16.7. The van der Waals surface area contributed by atoms with E-state index < -0.39 is 128 Å². The van der Waals surface area contributed by atoms with Gasteiger partial charge in [0.15, 0.2) is 5.11 Å². The van der Waals surface area contributed by atoms with E-state index in [4.69, 9.17) is 17.3 Å². The topological polar surface area (TPSA) is 493 Å². The molecule has 16 N–H and O–H groups in total. The number of amides is 6. The van der Waals surface area contributed by atoms with E-state index in [-0.39, 0.29) is 115 Å². The van der Waals surface area contributed by atoms with Crippen LogP contribution < -0.4 is 42.5 Å². The highest BCUT2D eigenvalue weighted by atomic mass is 32.1. The number of carbonyl (C=O) groups is 13. The Morgan fingerprint density at radius 2 is 0.901 bits per heavy atom. The molecule has 1 saturated heterocycles. The summed E-state index contributed by atoms with van der Waals surface area (Å²) in [5.41, 5.74) is 3.43. The van der Waals surface area contributed by atoms with Crippen molar-refractivity contribution in [3.8, 4) is 0 Å². The summed E-state index contributed by atoms with van der Waals surface area (Å²) in [6.07, 6.45) is 6.74. The number of carbonyl (C=O) groups excluding carboxylic acids is 5. The predicted octanol–water partition coefficient (Wildman–Crippen LogP) is 1.93. The number of aryl methyl sites for hydroxylation is 1. The van der Waals surface area contributed by atoms with Crippen molar-refractivity contribution in [2.24, 2.45) is 0 Å². The molecule has 2 aromatic rings. The monoisotopic (exact) mass is 1440 g/mol. The highest BCUT2D eigenvalue weighted by Gasteiger charge is 2.30. The highest BCUT2D eigenvalue weighted by Crippen LogP contribution is 2.18. The Morgan fingerprint density at radius 1 is 0.446 bits per heavy atom. The summed E-state index contributed by atoms with van der Waals surface area (Å²) in [5, 5.41) is 98.3. The number of carboxylic acids is 8. The van der Waals surface area contributed by atoms with Gasteiger partial charge in [-0.2, -0.15) is 0 Å². The Kier molecular flexibility index (Phi) is 41.1. The molecular weight excluding hydrogens is 1340 g/mol. The van der Waals surface area contributed by atoms with Crippen LogP contribution in [0.25, 0.3) is 6.08 Å². The number of hydrogen-bond donors (Lipinski definition) is 16. The zero-order valence-electron chi connectivity index (χ0n) is 56.9. The largest absolute Gasteiger partial charge is 0.481 e. The lowest BCUT2D eigenvalue weighted by molar-refractivity contribution is -0.142. The van der Waals surface area contributed by atoms with Crippen LogP contribution in [-0.2, 0) is 70.4 Å². The molecule has 101 heavy (non-hydrogen) atoms. The van der Waals surface area contributed by atoms with Gasteiger partial charge in [0, 0.05) is 103 Å². The number of hydrogen-bond acceptors (Lipinski definition) is 18. The van der Waals surface area contributed by atoms with Gasteiger partial charge in [-0.3, -0.25) is 62.8 Å². The maximum atomic E-state index is 13.9. The molecule has 5 atom stereocenters. The van der Waals surface area contributed by atoms with Gasteiger partial charge in [-0.15, -0.1) is 0 Å². The SMILES string of the molecule is C=Cc1ccc(CCCC(=O)NCCCC[C@H](NC(=O)[C@H](CCCCNC(=S)Nc2ccc(CC3CN(CC(=O)O)CCN(CC(=O)O)CCN(CC(=O)O)CCN3CC(=O)O)cc2)NC(=O)CCCCCCCNC(=O)CC[C@H](NC(=O)N[C@@H](CCC(=O)O)C(=O)O)C(=O)O)C(=O)O)cc1. The molecule has 1 heterocycles. The summed E-state index contributed by atoms with van der Waals surface area (Å²) < 4.78 is 0. The molecule has 3 rings (SSSR count). The number of nitrogens with zero attached hydrogens (tertiary/aromatic N) is 4. The molecule has 1 unspecified atom stereocenters. The van der Waals surface area contributed by atoms with Crippen LogP contribution in [0, 0.1) is 0 Å². The number of unbranched alkanes of at least 4 members (excludes halogenated alkanes) is 6. The van der Waals surface area contributed by atoms with Crippen molar-refractivity contribution in [1.29, 1.82) is 0 Å². The van der Waals surface area contributed by atoms with Crippen LogP contribution in [0.1, 0.15) is 132 Å². The number of aliphatic carboxylic acids is 8. The van der Waals surface area contributed by atoms with Crippen LogP contribution in [-0.4, -0.2) is 265 Å². The lowest BCUT2D eigenvalue weighted by Crippen LogP contribution is -2.53. The number of carboxylic acid groups (broad SMARTS) is 8. The first-order chi connectivity index (χ1) is 48.1. The van der Waals surface area contributed by atoms with Gasteiger partial charge >= 0.3 is 53.8 Å². The number of thiocarbonyl (C=S) groups is 1. The summed E-state index contributed by atoms with van der Waals surface area (Å²) in [6, 6.07) is 7.66. The van der Waals surface area contributed by atoms with E-state index in [1.165, 1.54) is 0 Å². The molecule has 2 aromatic carbocycles. The van der Waals surface area contributed by atoms with Crippen molar-refractivity contribution in [2.45, 2.75) is 159 Å². The third-order valence-electron chi connectivity index (χ3n) is 16.5. The summed E-state index contributed by atoms with van der Waals surface area (Å²) in [7, 11) is 0. The first-order valence-electron chi connectivity index (χ1n) is 33.8. The minimum atomic E-state index is -1.59.